The second-order valence-corrected chi connectivity index (χ2v) is 2.90. The lowest BCUT2D eigenvalue weighted by molar-refractivity contribution is 0.342. The highest BCUT2D eigenvalue weighted by molar-refractivity contribution is 7.85. The van der Waals surface area contributed by atoms with E-state index in [9.17, 15) is 8.42 Å². The summed E-state index contributed by atoms with van der Waals surface area (Å²) in [6, 6.07) is 0. The zero-order valence-electron chi connectivity index (χ0n) is 4.69. The summed E-state index contributed by atoms with van der Waals surface area (Å²) in [6.45, 7) is -0.213. The summed E-state index contributed by atoms with van der Waals surface area (Å²) in [7, 11) is -3.89. The summed E-state index contributed by atoms with van der Waals surface area (Å²) in [5.74, 6) is -0.437. The predicted molar refractivity (Wildman–Crippen MR) is 32.6 cm³/mol. The molecule has 0 radical (unpaired) electrons. The van der Waals surface area contributed by atoms with Gasteiger partial charge in [-0.05, 0) is 0 Å². The minimum absolute atomic E-state index is 0.213. The monoisotopic (exact) mass is 152 g/mol. The first kappa shape index (κ1) is 8.61. The van der Waals surface area contributed by atoms with E-state index in [0.717, 1.165) is 0 Å². The largest absolute Gasteiger partial charge is 0.392 e. The molecule has 0 saturated heterocycles. The van der Waals surface area contributed by atoms with Crippen molar-refractivity contribution >= 4 is 10.1 Å². The Morgan fingerprint density at radius 3 is 2.22 bits per heavy atom. The van der Waals surface area contributed by atoms with Gasteiger partial charge < -0.3 is 5.11 Å². The Kier molecular flexibility index (Phi) is 3.44. The molecule has 0 saturated carbocycles. The molecule has 0 fully saturated rings. The van der Waals surface area contributed by atoms with E-state index >= 15 is 0 Å². The number of rotatable bonds is 3. The van der Waals surface area contributed by atoms with Gasteiger partial charge in [-0.15, -0.1) is 0 Å². The Balaban J connectivity index is 3.65. The molecule has 4 nitrogen and oxygen atoms in total. The molecular formula is C4H8O4S. The van der Waals surface area contributed by atoms with Crippen LogP contribution in [0.4, 0.5) is 0 Å². The first-order chi connectivity index (χ1) is 4.06. The van der Waals surface area contributed by atoms with Crippen LogP contribution in [0.1, 0.15) is 0 Å². The van der Waals surface area contributed by atoms with Gasteiger partial charge in [0.1, 0.15) is 0 Å². The van der Waals surface area contributed by atoms with Crippen molar-refractivity contribution in [3.05, 3.63) is 12.2 Å². The Bertz CT molecular complexity index is 179. The summed E-state index contributed by atoms with van der Waals surface area (Å²) in [5, 5.41) is 8.10. The van der Waals surface area contributed by atoms with Crippen molar-refractivity contribution in [2.75, 3.05) is 12.4 Å². The lowest BCUT2D eigenvalue weighted by Crippen LogP contribution is -2.00. The van der Waals surface area contributed by atoms with Crippen molar-refractivity contribution in [2.24, 2.45) is 0 Å². The summed E-state index contributed by atoms with van der Waals surface area (Å²) in [6.07, 6.45) is 2.42. The molecule has 0 rings (SSSR count). The molecule has 0 aromatic heterocycles. The lowest BCUT2D eigenvalue weighted by atomic mass is 10.6. The van der Waals surface area contributed by atoms with Gasteiger partial charge in [-0.3, -0.25) is 4.55 Å². The van der Waals surface area contributed by atoms with Crippen LogP contribution in [0.15, 0.2) is 12.2 Å². The number of aliphatic hydroxyl groups is 1. The molecule has 0 heterocycles. The molecule has 0 spiro atoms. The van der Waals surface area contributed by atoms with Gasteiger partial charge in [0.15, 0.2) is 0 Å². The molecule has 54 valence electrons. The molecular weight excluding hydrogens is 144 g/mol. The molecule has 5 heteroatoms. The van der Waals surface area contributed by atoms with Crippen LogP contribution in [0, 0.1) is 0 Å². The molecule has 0 atom stereocenters. The molecule has 0 amide bonds. The second kappa shape index (κ2) is 3.60. The van der Waals surface area contributed by atoms with E-state index in [2.05, 4.69) is 0 Å². The number of hydrogen-bond acceptors (Lipinski definition) is 3. The molecule has 0 bridgehead atoms. The molecule has 0 aliphatic rings. The third-order valence-corrected chi connectivity index (χ3v) is 1.19. The minimum atomic E-state index is -3.89. The fourth-order valence-corrected chi connectivity index (χ4v) is 0.643. The van der Waals surface area contributed by atoms with Crippen LogP contribution < -0.4 is 0 Å². The molecule has 0 aliphatic heterocycles. The van der Waals surface area contributed by atoms with Gasteiger partial charge in [0.2, 0.25) is 0 Å². The van der Waals surface area contributed by atoms with Crippen LogP contribution in [-0.4, -0.2) is 30.4 Å². The molecule has 0 aromatic carbocycles. The quantitative estimate of drug-likeness (QED) is 0.419. The normalized spacial score (nSPS) is 12.7. The van der Waals surface area contributed by atoms with Crippen molar-refractivity contribution in [2.45, 2.75) is 0 Å². The lowest BCUT2D eigenvalue weighted by Gasteiger charge is -1.85. The van der Waals surface area contributed by atoms with Crippen LogP contribution in [0.2, 0.25) is 0 Å². The van der Waals surface area contributed by atoms with Crippen molar-refractivity contribution < 1.29 is 18.1 Å². The van der Waals surface area contributed by atoms with Gasteiger partial charge in [-0.25, -0.2) is 0 Å². The highest BCUT2D eigenvalue weighted by atomic mass is 32.2. The summed E-state index contributed by atoms with van der Waals surface area (Å²) >= 11 is 0. The molecule has 9 heavy (non-hydrogen) atoms. The van der Waals surface area contributed by atoms with Gasteiger partial charge in [0.25, 0.3) is 10.1 Å². The van der Waals surface area contributed by atoms with E-state index in [1.54, 1.807) is 0 Å². The average molecular weight is 152 g/mol. The zero-order valence-corrected chi connectivity index (χ0v) is 5.50. The Morgan fingerprint density at radius 2 is 1.89 bits per heavy atom. The number of aliphatic hydroxyl groups excluding tert-OH is 1. The van der Waals surface area contributed by atoms with E-state index in [-0.39, 0.29) is 6.61 Å². The SMILES string of the molecule is O=S(=O)(O)CC=CCO. The van der Waals surface area contributed by atoms with Crippen LogP contribution in [-0.2, 0) is 10.1 Å². The maximum atomic E-state index is 9.93. The Morgan fingerprint density at radius 1 is 1.33 bits per heavy atom. The average Bonchev–Trinajstić information content (AvgIpc) is 1.63. The fraction of sp³-hybridized carbons (Fsp3) is 0.500. The van der Waals surface area contributed by atoms with Gasteiger partial charge in [0, 0.05) is 0 Å². The van der Waals surface area contributed by atoms with E-state index in [4.69, 9.17) is 9.66 Å². The van der Waals surface area contributed by atoms with Gasteiger partial charge >= 0.3 is 0 Å². The molecule has 0 unspecified atom stereocenters. The first-order valence-corrected chi connectivity index (χ1v) is 3.88. The van der Waals surface area contributed by atoms with Crippen molar-refractivity contribution in [3.63, 3.8) is 0 Å². The predicted octanol–water partition coefficient (Wildman–Crippen LogP) is -0.577. The Hall–Kier alpha value is -0.390. The topological polar surface area (TPSA) is 74.6 Å². The van der Waals surface area contributed by atoms with Crippen molar-refractivity contribution in [1.82, 2.24) is 0 Å². The molecule has 0 aromatic rings. The van der Waals surface area contributed by atoms with Gasteiger partial charge in [-0.2, -0.15) is 8.42 Å². The smallest absolute Gasteiger partial charge is 0.268 e. The summed E-state index contributed by atoms with van der Waals surface area (Å²) in [5.41, 5.74) is 0. The van der Waals surface area contributed by atoms with E-state index in [1.165, 1.54) is 12.2 Å². The van der Waals surface area contributed by atoms with Crippen LogP contribution >= 0.6 is 0 Å². The summed E-state index contributed by atoms with van der Waals surface area (Å²) in [4.78, 5) is 0. The molecule has 0 aliphatic carbocycles. The molecule has 2 N–H and O–H groups in total. The van der Waals surface area contributed by atoms with E-state index in [1.807, 2.05) is 0 Å². The zero-order chi connectivity index (χ0) is 7.33. The van der Waals surface area contributed by atoms with Crippen LogP contribution in [0.25, 0.3) is 0 Å². The Labute approximate surface area is 53.6 Å². The van der Waals surface area contributed by atoms with Gasteiger partial charge in [0.05, 0.1) is 12.4 Å². The van der Waals surface area contributed by atoms with Crippen molar-refractivity contribution in [3.8, 4) is 0 Å². The summed E-state index contributed by atoms with van der Waals surface area (Å²) < 4.78 is 27.9. The maximum absolute atomic E-state index is 9.93. The maximum Gasteiger partial charge on any atom is 0.268 e. The van der Waals surface area contributed by atoms with E-state index < -0.39 is 15.9 Å². The number of hydrogen-bond donors (Lipinski definition) is 2. The third kappa shape index (κ3) is 7.61. The van der Waals surface area contributed by atoms with Crippen LogP contribution in [0.3, 0.4) is 0 Å². The van der Waals surface area contributed by atoms with Gasteiger partial charge in [-0.1, -0.05) is 12.2 Å². The van der Waals surface area contributed by atoms with Crippen molar-refractivity contribution in [1.29, 1.82) is 0 Å². The second-order valence-electron chi connectivity index (χ2n) is 1.40. The van der Waals surface area contributed by atoms with E-state index in [0.29, 0.717) is 0 Å². The third-order valence-electron chi connectivity index (χ3n) is 0.579. The van der Waals surface area contributed by atoms with Crippen LogP contribution in [0.5, 0.6) is 0 Å². The minimum Gasteiger partial charge on any atom is -0.392 e. The first-order valence-electron chi connectivity index (χ1n) is 2.27. The highest BCUT2D eigenvalue weighted by Crippen LogP contribution is 1.81. The highest BCUT2D eigenvalue weighted by Gasteiger charge is 1.97. The standard InChI is InChI=1S/C4H8O4S/c5-3-1-2-4-9(6,7)8/h1-2,5H,3-4H2,(H,6,7,8). The fourth-order valence-electron chi connectivity index (χ4n) is 0.264.